The topological polar surface area (TPSA) is 9.23 Å². The first-order valence-electron chi connectivity index (χ1n) is 7.80. The van der Waals surface area contributed by atoms with E-state index in [1.54, 1.807) is 7.11 Å². The van der Waals surface area contributed by atoms with Crippen molar-refractivity contribution >= 4 is 18.4 Å². The fourth-order valence-corrected chi connectivity index (χ4v) is 8.03. The van der Waals surface area contributed by atoms with Gasteiger partial charge in [-0.15, -0.1) is 0 Å². The van der Waals surface area contributed by atoms with E-state index in [1.165, 1.54) is 10.4 Å². The summed E-state index contributed by atoms with van der Waals surface area (Å²) in [4.78, 5) is 0. The van der Waals surface area contributed by atoms with Crippen LogP contribution in [0.25, 0.3) is 0 Å². The molecule has 0 bridgehead atoms. The van der Waals surface area contributed by atoms with Crippen LogP contribution in [0.2, 0.25) is 5.04 Å². The van der Waals surface area contributed by atoms with Crippen LogP contribution >= 0.6 is 0 Å². The summed E-state index contributed by atoms with van der Waals surface area (Å²) in [6, 6.07) is 21.9. The average Bonchev–Trinajstić information content (AvgIpc) is 2.52. The van der Waals surface area contributed by atoms with Crippen molar-refractivity contribution in [3.05, 3.63) is 72.4 Å². The van der Waals surface area contributed by atoms with Gasteiger partial charge in [0.05, 0.1) is 6.61 Å². The van der Waals surface area contributed by atoms with E-state index in [0.29, 0.717) is 6.61 Å². The zero-order valence-corrected chi connectivity index (χ0v) is 15.0. The first-order valence-corrected chi connectivity index (χ1v) is 9.88. The molecule has 2 aromatic carbocycles. The SMILES string of the molecule is COC/C=C\[Si](c1ccccc1)(c1ccccc1)C(C)(C)C. The molecule has 0 unspecified atom stereocenters. The summed E-state index contributed by atoms with van der Waals surface area (Å²) < 4.78 is 5.26. The third-order valence-electron chi connectivity index (χ3n) is 4.27. The Kier molecular flexibility index (Phi) is 5.38. The lowest BCUT2D eigenvalue weighted by Crippen LogP contribution is -2.63. The van der Waals surface area contributed by atoms with Crippen LogP contribution in [0, 0.1) is 0 Å². The third-order valence-corrected chi connectivity index (χ3v) is 9.86. The molecule has 0 radical (unpaired) electrons. The third kappa shape index (κ3) is 3.23. The number of hydrogen-bond acceptors (Lipinski definition) is 1. The number of methoxy groups -OCH3 is 1. The van der Waals surface area contributed by atoms with Gasteiger partial charge in [-0.1, -0.05) is 93.2 Å². The minimum atomic E-state index is -2.05. The van der Waals surface area contributed by atoms with Crippen LogP contribution in [0.4, 0.5) is 0 Å². The summed E-state index contributed by atoms with van der Waals surface area (Å²) in [5, 5.41) is 3.06. The minimum Gasteiger partial charge on any atom is -0.381 e. The molecule has 0 N–H and O–H groups in total. The van der Waals surface area contributed by atoms with E-state index in [-0.39, 0.29) is 5.04 Å². The van der Waals surface area contributed by atoms with Gasteiger partial charge in [-0.25, -0.2) is 0 Å². The van der Waals surface area contributed by atoms with Crippen LogP contribution in [-0.2, 0) is 4.74 Å². The van der Waals surface area contributed by atoms with E-state index >= 15 is 0 Å². The van der Waals surface area contributed by atoms with E-state index in [9.17, 15) is 0 Å². The van der Waals surface area contributed by atoms with Crippen molar-refractivity contribution in [2.45, 2.75) is 25.8 Å². The molecular weight excluding hydrogens is 284 g/mol. The lowest BCUT2D eigenvalue weighted by Gasteiger charge is -2.42. The normalized spacial score (nSPS) is 12.7. The monoisotopic (exact) mass is 310 g/mol. The molecular formula is C20H26OSi. The summed E-state index contributed by atoms with van der Waals surface area (Å²) in [7, 11) is -0.301. The number of rotatable bonds is 5. The molecule has 1 nitrogen and oxygen atoms in total. The van der Waals surface area contributed by atoms with Gasteiger partial charge in [-0.3, -0.25) is 0 Å². The lowest BCUT2D eigenvalue weighted by molar-refractivity contribution is 0.234. The van der Waals surface area contributed by atoms with Gasteiger partial charge in [0.25, 0.3) is 0 Å². The first-order chi connectivity index (χ1) is 10.5. The highest BCUT2D eigenvalue weighted by molar-refractivity contribution is 7.07. The van der Waals surface area contributed by atoms with Crippen LogP contribution in [0.5, 0.6) is 0 Å². The van der Waals surface area contributed by atoms with Crippen molar-refractivity contribution in [1.29, 1.82) is 0 Å². The summed E-state index contributed by atoms with van der Waals surface area (Å²) in [6.45, 7) is 7.73. The van der Waals surface area contributed by atoms with Gasteiger partial charge >= 0.3 is 0 Å². The Morgan fingerprint density at radius 2 is 1.32 bits per heavy atom. The predicted octanol–water partition coefficient (Wildman–Crippen LogP) is 3.79. The van der Waals surface area contributed by atoms with Crippen molar-refractivity contribution in [2.24, 2.45) is 0 Å². The van der Waals surface area contributed by atoms with Crippen molar-refractivity contribution in [3.63, 3.8) is 0 Å². The molecule has 0 saturated heterocycles. The highest BCUT2D eigenvalue weighted by Crippen LogP contribution is 2.36. The smallest absolute Gasteiger partial charge is 0.146 e. The standard InChI is InChI=1S/C20H26OSi/c1-20(2,3)22(17-11-16-21-4,18-12-7-5-8-13-18)19-14-9-6-10-15-19/h5-15,17H,16H2,1-4H3/b17-11-. The van der Waals surface area contributed by atoms with Crippen LogP contribution < -0.4 is 10.4 Å². The van der Waals surface area contributed by atoms with Gasteiger partial charge in [0.2, 0.25) is 0 Å². The lowest BCUT2D eigenvalue weighted by atomic mass is 10.2. The number of benzene rings is 2. The van der Waals surface area contributed by atoms with Gasteiger partial charge in [-0.2, -0.15) is 0 Å². The van der Waals surface area contributed by atoms with Crippen molar-refractivity contribution in [1.82, 2.24) is 0 Å². The predicted molar refractivity (Wildman–Crippen MR) is 98.6 cm³/mol. The Bertz CT molecular complexity index is 557. The van der Waals surface area contributed by atoms with E-state index in [0.717, 1.165) is 0 Å². The first kappa shape index (κ1) is 16.7. The Morgan fingerprint density at radius 3 is 1.68 bits per heavy atom. The fraction of sp³-hybridized carbons (Fsp3) is 0.300. The van der Waals surface area contributed by atoms with E-state index in [4.69, 9.17) is 4.74 Å². The summed E-state index contributed by atoms with van der Waals surface area (Å²) in [5.74, 6) is 0. The molecule has 0 aliphatic rings. The second-order valence-electron chi connectivity index (χ2n) is 6.65. The van der Waals surface area contributed by atoms with Crippen molar-refractivity contribution in [2.75, 3.05) is 13.7 Å². The average molecular weight is 311 g/mol. The maximum absolute atomic E-state index is 5.26. The highest BCUT2D eigenvalue weighted by Gasteiger charge is 2.45. The quantitative estimate of drug-likeness (QED) is 0.764. The Hall–Kier alpha value is -1.64. The van der Waals surface area contributed by atoms with Gasteiger partial charge in [-0.05, 0) is 15.4 Å². The van der Waals surface area contributed by atoms with Gasteiger partial charge < -0.3 is 4.74 Å². The van der Waals surface area contributed by atoms with Crippen LogP contribution in [0.15, 0.2) is 72.4 Å². The van der Waals surface area contributed by atoms with Gasteiger partial charge in [0.1, 0.15) is 8.07 Å². The molecule has 0 heterocycles. The Morgan fingerprint density at radius 1 is 0.864 bits per heavy atom. The fourth-order valence-electron chi connectivity index (χ4n) is 3.20. The summed E-state index contributed by atoms with van der Waals surface area (Å²) in [6.07, 6.45) is 2.19. The molecule has 2 heteroatoms. The highest BCUT2D eigenvalue weighted by atomic mass is 28.3. The molecule has 2 rings (SSSR count). The van der Waals surface area contributed by atoms with Crippen LogP contribution in [0.3, 0.4) is 0 Å². The minimum absolute atomic E-state index is 0.167. The molecule has 2 aromatic rings. The van der Waals surface area contributed by atoms with Crippen molar-refractivity contribution in [3.8, 4) is 0 Å². The van der Waals surface area contributed by atoms with Gasteiger partial charge in [0, 0.05) is 7.11 Å². The Balaban J connectivity index is 2.70. The molecule has 0 aliphatic carbocycles. The largest absolute Gasteiger partial charge is 0.381 e. The van der Waals surface area contributed by atoms with Crippen molar-refractivity contribution < 1.29 is 4.74 Å². The molecule has 116 valence electrons. The molecule has 22 heavy (non-hydrogen) atoms. The number of hydrogen-bond donors (Lipinski definition) is 0. The second-order valence-corrected chi connectivity index (χ2v) is 11.3. The Labute approximate surface area is 135 Å². The van der Waals surface area contributed by atoms with Gasteiger partial charge in [0.15, 0.2) is 0 Å². The van der Waals surface area contributed by atoms with E-state index in [2.05, 4.69) is 93.2 Å². The summed E-state index contributed by atoms with van der Waals surface area (Å²) in [5.41, 5.74) is 2.45. The molecule has 0 amide bonds. The molecule has 0 spiro atoms. The van der Waals surface area contributed by atoms with E-state index in [1.807, 2.05) is 0 Å². The van der Waals surface area contributed by atoms with Crippen LogP contribution in [-0.4, -0.2) is 21.8 Å². The zero-order valence-electron chi connectivity index (χ0n) is 14.0. The zero-order chi connectivity index (χ0) is 16.1. The molecule has 0 fully saturated rings. The van der Waals surface area contributed by atoms with E-state index < -0.39 is 8.07 Å². The molecule has 0 saturated carbocycles. The second kappa shape index (κ2) is 7.08. The summed E-state index contributed by atoms with van der Waals surface area (Å²) >= 11 is 0. The maximum Gasteiger partial charge on any atom is 0.146 e. The molecule has 0 aliphatic heterocycles. The molecule has 0 atom stereocenters. The van der Waals surface area contributed by atoms with Crippen LogP contribution in [0.1, 0.15) is 20.8 Å². The number of ether oxygens (including phenoxy) is 1. The maximum atomic E-state index is 5.26. The molecule has 0 aromatic heterocycles.